The molecule has 1 aliphatic carbocycles. The standard InChI is InChI=1S/C14H21NO4/c1-17-10-7-6-9(13(18-2)14(10)19-3)11(15)12(16)8-4-5-8/h6-8,11-12,16H,4-5,15H2,1-3H3/t11-,12+/m1/s1. The molecule has 0 unspecified atom stereocenters. The van der Waals surface area contributed by atoms with Crippen molar-refractivity contribution in [3.63, 3.8) is 0 Å². The maximum absolute atomic E-state index is 10.2. The fourth-order valence-electron chi connectivity index (χ4n) is 2.30. The van der Waals surface area contributed by atoms with Gasteiger partial charge in [0.15, 0.2) is 11.5 Å². The predicted octanol–water partition coefficient (Wildman–Crippen LogP) is 1.48. The van der Waals surface area contributed by atoms with E-state index < -0.39 is 12.1 Å². The second kappa shape index (κ2) is 5.67. The highest BCUT2D eigenvalue weighted by Gasteiger charge is 2.36. The van der Waals surface area contributed by atoms with Crippen molar-refractivity contribution in [2.45, 2.75) is 25.0 Å². The maximum atomic E-state index is 10.2. The molecule has 0 aliphatic heterocycles. The van der Waals surface area contributed by atoms with E-state index in [1.54, 1.807) is 27.4 Å². The molecule has 1 saturated carbocycles. The van der Waals surface area contributed by atoms with E-state index in [0.29, 0.717) is 23.2 Å². The molecule has 0 radical (unpaired) electrons. The van der Waals surface area contributed by atoms with Gasteiger partial charge in [0.1, 0.15) is 0 Å². The molecule has 5 heteroatoms. The smallest absolute Gasteiger partial charge is 0.203 e. The van der Waals surface area contributed by atoms with E-state index >= 15 is 0 Å². The Balaban J connectivity index is 2.38. The Morgan fingerprint density at radius 1 is 1.11 bits per heavy atom. The Morgan fingerprint density at radius 3 is 2.21 bits per heavy atom. The largest absolute Gasteiger partial charge is 0.493 e. The molecule has 3 N–H and O–H groups in total. The summed E-state index contributed by atoms with van der Waals surface area (Å²) in [6.07, 6.45) is 1.52. The Labute approximate surface area is 113 Å². The molecule has 1 aliphatic rings. The summed E-state index contributed by atoms with van der Waals surface area (Å²) in [4.78, 5) is 0. The van der Waals surface area contributed by atoms with Crippen LogP contribution in [0, 0.1) is 5.92 Å². The van der Waals surface area contributed by atoms with E-state index in [1.165, 1.54) is 0 Å². The molecule has 0 heterocycles. The van der Waals surface area contributed by atoms with Gasteiger partial charge in [-0.05, 0) is 30.9 Å². The van der Waals surface area contributed by atoms with E-state index in [4.69, 9.17) is 19.9 Å². The van der Waals surface area contributed by atoms with Crippen molar-refractivity contribution in [2.24, 2.45) is 11.7 Å². The lowest BCUT2D eigenvalue weighted by atomic mass is 9.97. The van der Waals surface area contributed by atoms with Crippen molar-refractivity contribution >= 4 is 0 Å². The lowest BCUT2D eigenvalue weighted by Gasteiger charge is -2.23. The van der Waals surface area contributed by atoms with Crippen LogP contribution in [0.15, 0.2) is 12.1 Å². The Bertz CT molecular complexity index is 445. The molecule has 0 bridgehead atoms. The van der Waals surface area contributed by atoms with Crippen molar-refractivity contribution in [3.05, 3.63) is 17.7 Å². The van der Waals surface area contributed by atoms with Crippen LogP contribution in [0.4, 0.5) is 0 Å². The minimum atomic E-state index is -0.549. The lowest BCUT2D eigenvalue weighted by Crippen LogP contribution is -2.28. The van der Waals surface area contributed by atoms with E-state index in [9.17, 15) is 5.11 Å². The molecule has 1 fully saturated rings. The first-order chi connectivity index (χ1) is 9.13. The Hall–Kier alpha value is -1.46. The summed E-state index contributed by atoms with van der Waals surface area (Å²) < 4.78 is 15.9. The average molecular weight is 267 g/mol. The molecule has 1 aromatic carbocycles. The number of benzene rings is 1. The van der Waals surface area contributed by atoms with Gasteiger partial charge in [0.05, 0.1) is 33.5 Å². The van der Waals surface area contributed by atoms with Crippen molar-refractivity contribution < 1.29 is 19.3 Å². The molecule has 0 amide bonds. The third-order valence-corrected chi connectivity index (χ3v) is 3.57. The van der Waals surface area contributed by atoms with Crippen LogP contribution in [0.3, 0.4) is 0 Å². The molecule has 0 spiro atoms. The van der Waals surface area contributed by atoms with Crippen LogP contribution in [-0.2, 0) is 0 Å². The minimum Gasteiger partial charge on any atom is -0.493 e. The van der Waals surface area contributed by atoms with Crippen molar-refractivity contribution in [2.75, 3.05) is 21.3 Å². The van der Waals surface area contributed by atoms with Crippen LogP contribution in [0.25, 0.3) is 0 Å². The van der Waals surface area contributed by atoms with Crippen molar-refractivity contribution in [1.29, 1.82) is 0 Å². The molecule has 2 atom stereocenters. The summed E-state index contributed by atoms with van der Waals surface area (Å²) in [5, 5.41) is 10.2. The van der Waals surface area contributed by atoms with E-state index in [2.05, 4.69) is 0 Å². The highest BCUT2D eigenvalue weighted by Crippen LogP contribution is 2.44. The van der Waals surface area contributed by atoms with Crippen LogP contribution in [0.1, 0.15) is 24.4 Å². The fourth-order valence-corrected chi connectivity index (χ4v) is 2.30. The summed E-state index contributed by atoms with van der Waals surface area (Å²) in [5.41, 5.74) is 6.88. The second-order valence-corrected chi connectivity index (χ2v) is 4.78. The number of hydrogen-bond acceptors (Lipinski definition) is 5. The monoisotopic (exact) mass is 267 g/mol. The molecule has 106 valence electrons. The fraction of sp³-hybridized carbons (Fsp3) is 0.571. The molecule has 1 aromatic rings. The highest BCUT2D eigenvalue weighted by molar-refractivity contribution is 5.56. The molecule has 2 rings (SSSR count). The lowest BCUT2D eigenvalue weighted by molar-refractivity contribution is 0.121. The number of nitrogens with two attached hydrogens (primary N) is 1. The summed E-state index contributed by atoms with van der Waals surface area (Å²) in [6, 6.07) is 3.11. The van der Waals surface area contributed by atoms with Crippen LogP contribution in [-0.4, -0.2) is 32.5 Å². The van der Waals surface area contributed by atoms with Gasteiger partial charge in [-0.2, -0.15) is 0 Å². The van der Waals surface area contributed by atoms with E-state index in [0.717, 1.165) is 18.4 Å². The molecule has 0 aromatic heterocycles. The zero-order valence-corrected chi connectivity index (χ0v) is 11.6. The van der Waals surface area contributed by atoms with Gasteiger partial charge in [-0.3, -0.25) is 0 Å². The number of aliphatic hydroxyl groups excluding tert-OH is 1. The zero-order valence-electron chi connectivity index (χ0n) is 11.6. The number of hydrogen-bond donors (Lipinski definition) is 2. The topological polar surface area (TPSA) is 73.9 Å². The quantitative estimate of drug-likeness (QED) is 0.816. The van der Waals surface area contributed by atoms with Crippen LogP contribution >= 0.6 is 0 Å². The maximum Gasteiger partial charge on any atom is 0.203 e. The first-order valence-electron chi connectivity index (χ1n) is 6.36. The van der Waals surface area contributed by atoms with Gasteiger partial charge >= 0.3 is 0 Å². The van der Waals surface area contributed by atoms with E-state index in [1.807, 2.05) is 6.07 Å². The SMILES string of the molecule is COc1ccc([C@@H](N)[C@@H](O)C2CC2)c(OC)c1OC. The van der Waals surface area contributed by atoms with Gasteiger partial charge in [0, 0.05) is 5.56 Å². The predicted molar refractivity (Wildman–Crippen MR) is 71.8 cm³/mol. The van der Waals surface area contributed by atoms with Crippen molar-refractivity contribution in [1.82, 2.24) is 0 Å². The average Bonchev–Trinajstić information content (AvgIpc) is 3.28. The number of methoxy groups -OCH3 is 3. The minimum absolute atomic E-state index is 0.299. The summed E-state index contributed by atoms with van der Waals surface area (Å²) in [5.74, 6) is 1.90. The normalized spacial score (nSPS) is 17.7. The molecule has 19 heavy (non-hydrogen) atoms. The van der Waals surface area contributed by atoms with Crippen molar-refractivity contribution in [3.8, 4) is 17.2 Å². The first-order valence-corrected chi connectivity index (χ1v) is 6.36. The molecule has 0 saturated heterocycles. The Kier molecular flexibility index (Phi) is 4.17. The number of aliphatic hydroxyl groups is 1. The highest BCUT2D eigenvalue weighted by atomic mass is 16.5. The molecular formula is C14H21NO4. The number of rotatable bonds is 6. The van der Waals surface area contributed by atoms with Gasteiger partial charge < -0.3 is 25.1 Å². The Morgan fingerprint density at radius 2 is 1.74 bits per heavy atom. The molecule has 5 nitrogen and oxygen atoms in total. The van der Waals surface area contributed by atoms with Gasteiger partial charge in [-0.25, -0.2) is 0 Å². The number of ether oxygens (including phenoxy) is 3. The van der Waals surface area contributed by atoms with Crippen LogP contribution < -0.4 is 19.9 Å². The van der Waals surface area contributed by atoms with Crippen LogP contribution in [0.2, 0.25) is 0 Å². The van der Waals surface area contributed by atoms with Gasteiger partial charge in [-0.15, -0.1) is 0 Å². The summed E-state index contributed by atoms with van der Waals surface area (Å²) >= 11 is 0. The first kappa shape index (κ1) is 14.0. The van der Waals surface area contributed by atoms with Crippen LogP contribution in [0.5, 0.6) is 17.2 Å². The van der Waals surface area contributed by atoms with Gasteiger partial charge in [0.2, 0.25) is 5.75 Å². The summed E-state index contributed by atoms with van der Waals surface area (Å²) in [7, 11) is 4.67. The second-order valence-electron chi connectivity index (χ2n) is 4.78. The molecular weight excluding hydrogens is 246 g/mol. The zero-order chi connectivity index (χ0) is 14.0. The third-order valence-electron chi connectivity index (χ3n) is 3.57. The van der Waals surface area contributed by atoms with Gasteiger partial charge in [-0.1, -0.05) is 0 Å². The van der Waals surface area contributed by atoms with Gasteiger partial charge in [0.25, 0.3) is 0 Å². The third kappa shape index (κ3) is 2.62. The van der Waals surface area contributed by atoms with E-state index in [-0.39, 0.29) is 0 Å². The summed E-state index contributed by atoms with van der Waals surface area (Å²) in [6.45, 7) is 0.